The highest BCUT2D eigenvalue weighted by Crippen LogP contribution is 2.20. The molecular formula is C11H9N3O3S. The zero-order chi connectivity index (χ0) is 13.1. The largest absolute Gasteiger partial charge is 0.478 e. The zero-order valence-corrected chi connectivity index (χ0v) is 10.2. The highest BCUT2D eigenvalue weighted by Gasteiger charge is 2.16. The van der Waals surface area contributed by atoms with Crippen molar-refractivity contribution in [3.63, 3.8) is 0 Å². The lowest BCUT2D eigenvalue weighted by molar-refractivity contribution is 0.0697. The van der Waals surface area contributed by atoms with E-state index >= 15 is 0 Å². The second-order valence-electron chi connectivity index (χ2n) is 3.55. The molecule has 0 aliphatic heterocycles. The monoisotopic (exact) mass is 263 g/mol. The third kappa shape index (κ3) is 2.35. The van der Waals surface area contributed by atoms with Crippen LogP contribution in [0.1, 0.15) is 26.4 Å². The van der Waals surface area contributed by atoms with Crippen LogP contribution in [0.25, 0.3) is 0 Å². The molecule has 1 aromatic heterocycles. The van der Waals surface area contributed by atoms with Gasteiger partial charge in [0.1, 0.15) is 0 Å². The summed E-state index contributed by atoms with van der Waals surface area (Å²) in [7, 11) is 0. The van der Waals surface area contributed by atoms with E-state index in [1.165, 1.54) is 11.4 Å². The first-order chi connectivity index (χ1) is 8.59. The first-order valence-corrected chi connectivity index (χ1v) is 5.84. The van der Waals surface area contributed by atoms with E-state index in [4.69, 9.17) is 5.11 Å². The van der Waals surface area contributed by atoms with Crippen molar-refractivity contribution in [1.29, 1.82) is 0 Å². The number of aromatic nitrogens is 2. The van der Waals surface area contributed by atoms with Crippen molar-refractivity contribution in [2.45, 2.75) is 6.92 Å². The molecule has 0 fully saturated rings. The Balaban J connectivity index is 2.32. The summed E-state index contributed by atoms with van der Waals surface area (Å²) >= 11 is 1.05. The first kappa shape index (κ1) is 12.2. The van der Waals surface area contributed by atoms with Crippen molar-refractivity contribution in [3.8, 4) is 0 Å². The van der Waals surface area contributed by atoms with Crippen LogP contribution < -0.4 is 5.32 Å². The molecule has 0 saturated carbocycles. The van der Waals surface area contributed by atoms with Crippen LogP contribution in [0.15, 0.2) is 23.6 Å². The molecule has 0 bridgehead atoms. The van der Waals surface area contributed by atoms with Gasteiger partial charge in [0.2, 0.25) is 0 Å². The number of nitrogens with one attached hydrogen (secondary N) is 1. The maximum absolute atomic E-state index is 11.8. The fourth-order valence-corrected chi connectivity index (χ4v) is 1.94. The van der Waals surface area contributed by atoms with Crippen molar-refractivity contribution < 1.29 is 14.7 Å². The summed E-state index contributed by atoms with van der Waals surface area (Å²) in [4.78, 5) is 22.9. The Morgan fingerprint density at radius 1 is 1.39 bits per heavy atom. The lowest BCUT2D eigenvalue weighted by Gasteiger charge is -2.09. The average molecular weight is 263 g/mol. The topological polar surface area (TPSA) is 92.2 Å². The molecule has 2 rings (SSSR count). The Bertz CT molecular complexity index is 596. The summed E-state index contributed by atoms with van der Waals surface area (Å²) in [6.45, 7) is 1.67. The van der Waals surface area contributed by atoms with E-state index < -0.39 is 11.9 Å². The van der Waals surface area contributed by atoms with E-state index in [1.54, 1.807) is 19.1 Å². The number of anilines is 1. The Kier molecular flexibility index (Phi) is 3.33. The van der Waals surface area contributed by atoms with E-state index in [9.17, 15) is 9.59 Å². The Morgan fingerprint density at radius 3 is 2.78 bits per heavy atom. The minimum atomic E-state index is -1.08. The normalized spacial score (nSPS) is 10.1. The predicted molar refractivity (Wildman–Crippen MR) is 66.0 cm³/mol. The lowest BCUT2D eigenvalue weighted by Crippen LogP contribution is -2.16. The van der Waals surface area contributed by atoms with Gasteiger partial charge < -0.3 is 10.4 Å². The molecular weight excluding hydrogens is 254 g/mol. The first-order valence-electron chi connectivity index (χ1n) is 5.01. The molecule has 1 heterocycles. The number of carboxylic acids is 1. The van der Waals surface area contributed by atoms with E-state index in [0.29, 0.717) is 5.56 Å². The molecule has 7 heteroatoms. The highest BCUT2D eigenvalue weighted by molar-refractivity contribution is 7.03. The number of carbonyl (C=O) groups excluding carboxylic acids is 1. The summed E-state index contributed by atoms with van der Waals surface area (Å²) < 4.78 is 3.57. The van der Waals surface area contributed by atoms with Crippen LogP contribution in [0.5, 0.6) is 0 Å². The number of benzene rings is 1. The smallest absolute Gasteiger partial charge is 0.338 e. The number of rotatable bonds is 3. The van der Waals surface area contributed by atoms with Gasteiger partial charge in [-0.05, 0) is 30.1 Å². The van der Waals surface area contributed by atoms with E-state index in [1.807, 2.05) is 0 Å². The summed E-state index contributed by atoms with van der Waals surface area (Å²) in [6.07, 6.45) is 0. The van der Waals surface area contributed by atoms with Crippen LogP contribution in [0.2, 0.25) is 0 Å². The quantitative estimate of drug-likeness (QED) is 0.880. The van der Waals surface area contributed by atoms with Gasteiger partial charge in [0.15, 0.2) is 5.69 Å². The third-order valence-corrected chi connectivity index (χ3v) is 2.83. The van der Waals surface area contributed by atoms with Gasteiger partial charge in [0, 0.05) is 5.38 Å². The molecule has 18 heavy (non-hydrogen) atoms. The van der Waals surface area contributed by atoms with Gasteiger partial charge in [-0.25, -0.2) is 4.79 Å². The molecule has 0 atom stereocenters. The summed E-state index contributed by atoms with van der Waals surface area (Å²) in [5.74, 6) is -1.56. The van der Waals surface area contributed by atoms with Gasteiger partial charge in [0.05, 0.1) is 11.3 Å². The molecule has 92 valence electrons. The van der Waals surface area contributed by atoms with Gasteiger partial charge in [-0.3, -0.25) is 4.79 Å². The lowest BCUT2D eigenvalue weighted by atomic mass is 10.1. The van der Waals surface area contributed by atoms with Crippen molar-refractivity contribution in [2.75, 3.05) is 5.32 Å². The van der Waals surface area contributed by atoms with Crippen molar-refractivity contribution >= 4 is 29.1 Å². The highest BCUT2D eigenvalue weighted by atomic mass is 32.1. The standard InChI is InChI=1S/C11H9N3O3S/c1-6-3-2-4-7(9(6)11(16)17)12-10(15)8-5-18-14-13-8/h2-5H,1H3,(H,12,15)(H,16,17). The number of carboxylic acid groups (broad SMARTS) is 1. The number of amides is 1. The predicted octanol–water partition coefficient (Wildman–Crippen LogP) is 1.80. The van der Waals surface area contributed by atoms with Gasteiger partial charge in [-0.2, -0.15) is 0 Å². The fraction of sp³-hybridized carbons (Fsp3) is 0.0909. The van der Waals surface area contributed by atoms with Gasteiger partial charge in [-0.1, -0.05) is 16.6 Å². The molecule has 1 aromatic carbocycles. The number of nitrogens with zero attached hydrogens (tertiary/aromatic N) is 2. The van der Waals surface area contributed by atoms with E-state index in [0.717, 1.165) is 11.5 Å². The molecule has 0 aliphatic rings. The molecule has 0 aliphatic carbocycles. The third-order valence-electron chi connectivity index (χ3n) is 2.33. The maximum Gasteiger partial charge on any atom is 0.338 e. The number of carbonyl (C=O) groups is 2. The Morgan fingerprint density at radius 2 is 2.17 bits per heavy atom. The number of aryl methyl sites for hydroxylation is 1. The summed E-state index contributed by atoms with van der Waals surface area (Å²) in [6, 6.07) is 4.88. The van der Waals surface area contributed by atoms with Crippen LogP contribution in [-0.4, -0.2) is 26.6 Å². The molecule has 2 N–H and O–H groups in total. The van der Waals surface area contributed by atoms with Gasteiger partial charge in [-0.15, -0.1) is 5.10 Å². The van der Waals surface area contributed by atoms with Crippen molar-refractivity contribution in [3.05, 3.63) is 40.4 Å². The van der Waals surface area contributed by atoms with Crippen LogP contribution in [0.3, 0.4) is 0 Å². The number of aromatic carboxylic acids is 1. The fourth-order valence-electron chi connectivity index (χ4n) is 1.51. The molecule has 0 saturated heterocycles. The van der Waals surface area contributed by atoms with Crippen LogP contribution in [0, 0.1) is 6.92 Å². The second kappa shape index (κ2) is 4.92. The van der Waals surface area contributed by atoms with Crippen molar-refractivity contribution in [1.82, 2.24) is 9.59 Å². The zero-order valence-electron chi connectivity index (χ0n) is 9.38. The minimum absolute atomic E-state index is 0.0778. The Hall–Kier alpha value is -2.28. The van der Waals surface area contributed by atoms with E-state index in [2.05, 4.69) is 14.9 Å². The average Bonchev–Trinajstić information content (AvgIpc) is 2.81. The molecule has 0 unspecified atom stereocenters. The molecule has 2 aromatic rings. The molecule has 0 radical (unpaired) electrons. The number of hydrogen-bond acceptors (Lipinski definition) is 5. The maximum atomic E-state index is 11.8. The van der Waals surface area contributed by atoms with Crippen LogP contribution >= 0.6 is 11.5 Å². The Labute approximate surface area is 106 Å². The van der Waals surface area contributed by atoms with E-state index in [-0.39, 0.29) is 16.9 Å². The molecule has 1 amide bonds. The van der Waals surface area contributed by atoms with Crippen LogP contribution in [0.4, 0.5) is 5.69 Å². The van der Waals surface area contributed by atoms with Gasteiger partial charge in [0.25, 0.3) is 5.91 Å². The SMILES string of the molecule is Cc1cccc(NC(=O)c2csnn2)c1C(=O)O. The van der Waals surface area contributed by atoms with Crippen molar-refractivity contribution in [2.24, 2.45) is 0 Å². The summed E-state index contributed by atoms with van der Waals surface area (Å²) in [5.41, 5.74) is 1.07. The van der Waals surface area contributed by atoms with Gasteiger partial charge >= 0.3 is 5.97 Å². The second-order valence-corrected chi connectivity index (χ2v) is 4.16. The molecule has 0 spiro atoms. The molecule has 6 nitrogen and oxygen atoms in total. The minimum Gasteiger partial charge on any atom is -0.478 e. The number of hydrogen-bond donors (Lipinski definition) is 2. The summed E-state index contributed by atoms with van der Waals surface area (Å²) in [5, 5.41) is 16.7. The van der Waals surface area contributed by atoms with Crippen LogP contribution in [-0.2, 0) is 0 Å².